The summed E-state index contributed by atoms with van der Waals surface area (Å²) in [5.41, 5.74) is 3.30. The van der Waals surface area contributed by atoms with Gasteiger partial charge in [0.25, 0.3) is 5.91 Å². The third kappa shape index (κ3) is 2.87. The molecule has 0 fully saturated rings. The van der Waals surface area contributed by atoms with Crippen molar-refractivity contribution in [1.82, 2.24) is 4.98 Å². The van der Waals surface area contributed by atoms with Crippen LogP contribution in [0.4, 0.5) is 5.69 Å². The number of alkyl halides is 1. The highest BCUT2D eigenvalue weighted by molar-refractivity contribution is 6.17. The van der Waals surface area contributed by atoms with Gasteiger partial charge in [0.15, 0.2) is 0 Å². The predicted octanol–water partition coefficient (Wildman–Crippen LogP) is 3.38. The Bertz CT molecular complexity index is 552. The normalized spacial score (nSPS) is 10.1. The van der Waals surface area contributed by atoms with Gasteiger partial charge in [-0.3, -0.25) is 9.78 Å². The third-order valence-electron chi connectivity index (χ3n) is 2.66. The summed E-state index contributed by atoms with van der Waals surface area (Å²) >= 11 is 5.70. The van der Waals surface area contributed by atoms with Crippen molar-refractivity contribution in [2.45, 2.75) is 12.8 Å². The second-order valence-electron chi connectivity index (χ2n) is 3.98. The molecule has 0 aliphatic carbocycles. The Labute approximate surface area is 111 Å². The number of nitrogens with zero attached hydrogens (tertiary/aromatic N) is 1. The molecular weight excluding hydrogens is 248 g/mol. The highest BCUT2D eigenvalue weighted by Gasteiger charge is 2.07. The van der Waals surface area contributed by atoms with Crippen molar-refractivity contribution in [2.24, 2.45) is 0 Å². The first-order valence-electron chi connectivity index (χ1n) is 5.57. The number of rotatable bonds is 3. The molecule has 3 nitrogen and oxygen atoms in total. The van der Waals surface area contributed by atoms with Gasteiger partial charge in [0.1, 0.15) is 0 Å². The van der Waals surface area contributed by atoms with E-state index in [2.05, 4.69) is 10.3 Å². The number of aromatic nitrogens is 1. The van der Waals surface area contributed by atoms with Crippen molar-refractivity contribution >= 4 is 23.2 Å². The molecule has 0 unspecified atom stereocenters. The molecule has 92 valence electrons. The number of hydrogen-bond donors (Lipinski definition) is 1. The van der Waals surface area contributed by atoms with Crippen LogP contribution in [0.2, 0.25) is 0 Å². The van der Waals surface area contributed by atoms with Crippen LogP contribution in [0.3, 0.4) is 0 Å². The molecule has 1 amide bonds. The second-order valence-corrected chi connectivity index (χ2v) is 4.24. The van der Waals surface area contributed by atoms with Crippen LogP contribution in [0.5, 0.6) is 0 Å². The lowest BCUT2D eigenvalue weighted by Crippen LogP contribution is -2.12. The molecule has 1 aromatic carbocycles. The van der Waals surface area contributed by atoms with E-state index in [9.17, 15) is 4.79 Å². The number of hydrogen-bond acceptors (Lipinski definition) is 2. The second kappa shape index (κ2) is 5.65. The van der Waals surface area contributed by atoms with E-state index in [-0.39, 0.29) is 5.91 Å². The van der Waals surface area contributed by atoms with Gasteiger partial charge in [-0.05, 0) is 36.2 Å². The maximum Gasteiger partial charge on any atom is 0.255 e. The number of aryl methyl sites for hydroxylation is 1. The summed E-state index contributed by atoms with van der Waals surface area (Å²) in [5, 5.41) is 2.83. The topological polar surface area (TPSA) is 42.0 Å². The molecule has 2 rings (SSSR count). The number of carbonyl (C=O) groups is 1. The van der Waals surface area contributed by atoms with Crippen molar-refractivity contribution in [3.05, 3.63) is 59.4 Å². The van der Waals surface area contributed by atoms with Gasteiger partial charge in [-0.1, -0.05) is 12.1 Å². The summed E-state index contributed by atoms with van der Waals surface area (Å²) in [6.45, 7) is 1.92. The molecule has 4 heteroatoms. The van der Waals surface area contributed by atoms with Crippen LogP contribution in [0, 0.1) is 6.92 Å². The lowest BCUT2D eigenvalue weighted by atomic mass is 10.1. The number of anilines is 1. The molecular formula is C14H13ClN2O. The molecule has 0 saturated heterocycles. The van der Waals surface area contributed by atoms with Gasteiger partial charge in [0.2, 0.25) is 0 Å². The van der Waals surface area contributed by atoms with Crippen LogP contribution in [0.25, 0.3) is 0 Å². The summed E-state index contributed by atoms with van der Waals surface area (Å²) in [6.07, 6.45) is 3.33. The molecule has 0 aliphatic heterocycles. The molecule has 0 radical (unpaired) electrons. The zero-order chi connectivity index (χ0) is 13.0. The van der Waals surface area contributed by atoms with Crippen LogP contribution >= 0.6 is 11.6 Å². The van der Waals surface area contributed by atoms with Crippen LogP contribution in [-0.4, -0.2) is 10.9 Å². The predicted molar refractivity (Wildman–Crippen MR) is 72.9 cm³/mol. The maximum atomic E-state index is 12.0. The van der Waals surface area contributed by atoms with Crippen LogP contribution in [-0.2, 0) is 5.88 Å². The van der Waals surface area contributed by atoms with Crippen LogP contribution in [0.15, 0.2) is 42.7 Å². The first-order chi connectivity index (χ1) is 8.70. The summed E-state index contributed by atoms with van der Waals surface area (Å²) in [4.78, 5) is 16.0. The van der Waals surface area contributed by atoms with Crippen molar-refractivity contribution < 1.29 is 4.79 Å². The minimum absolute atomic E-state index is 0.146. The van der Waals surface area contributed by atoms with Gasteiger partial charge >= 0.3 is 0 Å². The minimum Gasteiger partial charge on any atom is -0.320 e. The van der Waals surface area contributed by atoms with E-state index in [4.69, 9.17) is 11.6 Å². The summed E-state index contributed by atoms with van der Waals surface area (Å²) in [7, 11) is 0. The zero-order valence-corrected chi connectivity index (χ0v) is 10.7. The highest BCUT2D eigenvalue weighted by Crippen LogP contribution is 2.14. The van der Waals surface area contributed by atoms with Crippen LogP contribution in [0.1, 0.15) is 21.5 Å². The number of benzene rings is 1. The standard InChI is InChI=1S/C14H13ClN2O/c1-10-6-7-16-9-13(10)17-14(18)12-4-2-11(8-15)3-5-12/h2-7,9H,8H2,1H3,(H,17,18). The molecule has 1 heterocycles. The lowest BCUT2D eigenvalue weighted by molar-refractivity contribution is 0.102. The third-order valence-corrected chi connectivity index (χ3v) is 2.97. The maximum absolute atomic E-state index is 12.0. The first kappa shape index (κ1) is 12.6. The quantitative estimate of drug-likeness (QED) is 0.860. The van der Waals surface area contributed by atoms with Gasteiger partial charge in [-0.15, -0.1) is 11.6 Å². The molecule has 0 atom stereocenters. The number of carbonyl (C=O) groups excluding carboxylic acids is 1. The number of amides is 1. The van der Waals surface area contributed by atoms with E-state index in [1.807, 2.05) is 25.1 Å². The number of halogens is 1. The smallest absolute Gasteiger partial charge is 0.255 e. The van der Waals surface area contributed by atoms with Crippen molar-refractivity contribution in [2.75, 3.05) is 5.32 Å². The summed E-state index contributed by atoms with van der Waals surface area (Å²) < 4.78 is 0. The highest BCUT2D eigenvalue weighted by atomic mass is 35.5. The largest absolute Gasteiger partial charge is 0.320 e. The Morgan fingerprint density at radius 3 is 2.61 bits per heavy atom. The van der Waals surface area contributed by atoms with E-state index >= 15 is 0 Å². The minimum atomic E-state index is -0.146. The number of nitrogens with one attached hydrogen (secondary N) is 1. The zero-order valence-electron chi connectivity index (χ0n) is 9.98. The van der Waals surface area contributed by atoms with E-state index in [1.165, 1.54) is 0 Å². The molecule has 1 aromatic heterocycles. The molecule has 1 N–H and O–H groups in total. The fourth-order valence-corrected chi connectivity index (χ4v) is 1.71. The molecule has 0 spiro atoms. The fourth-order valence-electron chi connectivity index (χ4n) is 1.53. The molecule has 0 aliphatic rings. The van der Waals surface area contributed by atoms with E-state index in [1.54, 1.807) is 24.5 Å². The van der Waals surface area contributed by atoms with Crippen molar-refractivity contribution in [1.29, 1.82) is 0 Å². The van der Waals surface area contributed by atoms with Gasteiger partial charge < -0.3 is 5.32 Å². The Hall–Kier alpha value is -1.87. The molecule has 18 heavy (non-hydrogen) atoms. The van der Waals surface area contributed by atoms with E-state index < -0.39 is 0 Å². The number of pyridine rings is 1. The summed E-state index contributed by atoms with van der Waals surface area (Å²) in [5.74, 6) is 0.302. The van der Waals surface area contributed by atoms with Crippen molar-refractivity contribution in [3.8, 4) is 0 Å². The summed E-state index contributed by atoms with van der Waals surface area (Å²) in [6, 6.07) is 9.07. The van der Waals surface area contributed by atoms with Gasteiger partial charge in [-0.25, -0.2) is 0 Å². The Balaban J connectivity index is 2.14. The lowest BCUT2D eigenvalue weighted by Gasteiger charge is -2.07. The Kier molecular flexibility index (Phi) is 3.95. The van der Waals surface area contributed by atoms with Gasteiger partial charge in [0.05, 0.1) is 11.9 Å². The van der Waals surface area contributed by atoms with Gasteiger partial charge in [0, 0.05) is 17.6 Å². The van der Waals surface area contributed by atoms with Crippen LogP contribution < -0.4 is 5.32 Å². The van der Waals surface area contributed by atoms with E-state index in [0.717, 1.165) is 16.8 Å². The van der Waals surface area contributed by atoms with Gasteiger partial charge in [-0.2, -0.15) is 0 Å². The Morgan fingerprint density at radius 2 is 2.00 bits per heavy atom. The first-order valence-corrected chi connectivity index (χ1v) is 6.11. The molecule has 2 aromatic rings. The molecule has 0 bridgehead atoms. The molecule has 0 saturated carbocycles. The van der Waals surface area contributed by atoms with Crippen molar-refractivity contribution in [3.63, 3.8) is 0 Å². The SMILES string of the molecule is Cc1ccncc1NC(=O)c1ccc(CCl)cc1. The average molecular weight is 261 g/mol. The monoisotopic (exact) mass is 260 g/mol. The fraction of sp³-hybridized carbons (Fsp3) is 0.143. The van der Waals surface area contributed by atoms with E-state index in [0.29, 0.717) is 11.4 Å². The Morgan fingerprint density at radius 1 is 1.28 bits per heavy atom. The average Bonchev–Trinajstić information content (AvgIpc) is 2.41.